The van der Waals surface area contributed by atoms with Gasteiger partial charge in [0.05, 0.1) is 13.2 Å². The lowest BCUT2D eigenvalue weighted by atomic mass is 9.95. The van der Waals surface area contributed by atoms with Crippen LogP contribution in [0.1, 0.15) is 11.1 Å². The number of aromatic hydroxyl groups is 3. The highest BCUT2D eigenvalue weighted by molar-refractivity contribution is 5.87. The molecule has 5 aliphatic rings. The second kappa shape index (κ2) is 20.0. The molecule has 14 N–H and O–H groups in total. The number of hydrogen-bond donors (Lipinski definition) is 14. The van der Waals surface area contributed by atoms with Crippen molar-refractivity contribution in [1.82, 2.24) is 0 Å². The van der Waals surface area contributed by atoms with Crippen molar-refractivity contribution in [3.8, 4) is 17.2 Å². The Morgan fingerprint density at radius 3 is 1.92 bits per heavy atom. The lowest BCUT2D eigenvalue weighted by Crippen LogP contribution is -2.64. The minimum absolute atomic E-state index is 0.00214. The molecular formula is C42H48O23. The van der Waals surface area contributed by atoms with Crippen molar-refractivity contribution in [1.29, 1.82) is 0 Å². The molecule has 0 aromatic heterocycles. The van der Waals surface area contributed by atoms with Gasteiger partial charge in [0, 0.05) is 29.4 Å². The van der Waals surface area contributed by atoms with Gasteiger partial charge < -0.3 is 109 Å². The summed E-state index contributed by atoms with van der Waals surface area (Å²) < 4.78 is 46.5. The normalized spacial score (nSPS) is 36.2. The SMILES string of the molecule is O=C(C=Cc1ccc(O)cc1)OCC1OC(OC2C(OC3=C(c4ccc(O)c(O)c4)OC4C=C(O)C=C(OC5OC(CO)C(O)C(O)C5O)C4=C3)OC(CO)C(O)C2O)C(O)C(O)C1O. The molecule has 23 heteroatoms. The molecule has 0 spiro atoms. The molecule has 7 rings (SSSR count). The maximum absolute atomic E-state index is 12.5. The lowest BCUT2D eigenvalue weighted by Gasteiger charge is -2.46. The van der Waals surface area contributed by atoms with Crippen molar-refractivity contribution >= 4 is 17.8 Å². The van der Waals surface area contributed by atoms with E-state index in [0.717, 1.165) is 24.3 Å². The highest BCUT2D eigenvalue weighted by Crippen LogP contribution is 2.42. The van der Waals surface area contributed by atoms with Crippen molar-refractivity contribution in [2.45, 2.75) is 98.2 Å². The summed E-state index contributed by atoms with van der Waals surface area (Å²) in [7, 11) is 0. The van der Waals surface area contributed by atoms with Gasteiger partial charge in [0.1, 0.15) is 97.1 Å². The summed E-state index contributed by atoms with van der Waals surface area (Å²) >= 11 is 0. The predicted octanol–water partition coefficient (Wildman–Crippen LogP) is -3.14. The first-order valence-corrected chi connectivity index (χ1v) is 20.0. The fourth-order valence-electron chi connectivity index (χ4n) is 7.35. The number of fused-ring (bicyclic) bond motifs is 1. The average Bonchev–Trinajstić information content (AvgIpc) is 3.29. The number of allylic oxidation sites excluding steroid dienone is 2. The standard InChI is InChI=1S/C42H48O23/c43-13-26-30(50)33(53)36(56)40(62-26)60-24-11-19(46)10-23-20(24)12-25(38(59-23)17-4-7-21(47)22(48)9-17)61-42-39(35(55)31(51)27(14-44)63-42)65-41-37(57)34(54)32(52)28(64-41)15-58-29(49)8-3-16-1-5-18(45)6-2-16/h1-12,23,26-28,30-37,39-48,50-57H,13-15H2. The van der Waals surface area contributed by atoms with Crippen LogP contribution in [0.3, 0.4) is 0 Å². The van der Waals surface area contributed by atoms with Gasteiger partial charge >= 0.3 is 5.97 Å². The number of esters is 1. The van der Waals surface area contributed by atoms with Gasteiger partial charge in [-0.2, -0.15) is 0 Å². The van der Waals surface area contributed by atoms with Gasteiger partial charge in [-0.3, -0.25) is 0 Å². The van der Waals surface area contributed by atoms with Crippen LogP contribution in [0.2, 0.25) is 0 Å². The van der Waals surface area contributed by atoms with Crippen molar-refractivity contribution in [3.05, 3.63) is 101 Å². The third kappa shape index (κ3) is 10.2. The Morgan fingerprint density at radius 2 is 1.26 bits per heavy atom. The molecule has 2 aromatic carbocycles. The third-order valence-corrected chi connectivity index (χ3v) is 11.0. The summed E-state index contributed by atoms with van der Waals surface area (Å²) in [5.74, 6) is -3.37. The molecular weight excluding hydrogens is 872 g/mol. The van der Waals surface area contributed by atoms with Gasteiger partial charge in [-0.25, -0.2) is 4.79 Å². The molecule has 0 radical (unpaired) electrons. The number of rotatable bonds is 13. The number of benzene rings is 2. The number of carbonyl (C=O) groups is 1. The minimum atomic E-state index is -2.06. The fraction of sp³-hybridized carbons (Fsp3) is 0.452. The molecule has 4 heterocycles. The van der Waals surface area contributed by atoms with E-state index < -0.39 is 141 Å². The van der Waals surface area contributed by atoms with Gasteiger partial charge in [0.25, 0.3) is 0 Å². The zero-order valence-corrected chi connectivity index (χ0v) is 33.7. The van der Waals surface area contributed by atoms with Gasteiger partial charge in [0.2, 0.25) is 12.6 Å². The first-order chi connectivity index (χ1) is 31.0. The number of aliphatic hydroxyl groups excluding tert-OH is 11. The van der Waals surface area contributed by atoms with E-state index in [-0.39, 0.29) is 34.2 Å². The molecule has 0 amide bonds. The van der Waals surface area contributed by atoms with Crippen LogP contribution in [-0.4, -0.2) is 196 Å². The molecule has 16 atom stereocenters. The maximum Gasteiger partial charge on any atom is 0.330 e. The zero-order chi connectivity index (χ0) is 46.9. The lowest BCUT2D eigenvalue weighted by molar-refractivity contribution is -0.363. The van der Waals surface area contributed by atoms with E-state index >= 15 is 0 Å². The number of phenolic OH excluding ortho intramolecular Hbond substituents is 3. The van der Waals surface area contributed by atoms with Crippen LogP contribution in [0.5, 0.6) is 17.2 Å². The summed E-state index contributed by atoms with van der Waals surface area (Å²) in [4.78, 5) is 12.5. The Labute approximate surface area is 367 Å². The Hall–Kier alpha value is -5.35. The second-order valence-corrected chi connectivity index (χ2v) is 15.4. The number of hydrogen-bond acceptors (Lipinski definition) is 23. The molecule has 16 unspecified atom stereocenters. The largest absolute Gasteiger partial charge is 0.508 e. The van der Waals surface area contributed by atoms with Gasteiger partial charge in [0.15, 0.2) is 35.4 Å². The van der Waals surface area contributed by atoms with Crippen LogP contribution in [0, 0.1) is 0 Å². The maximum atomic E-state index is 12.5. The summed E-state index contributed by atoms with van der Waals surface area (Å²) in [6.07, 6.45) is -22.7. The van der Waals surface area contributed by atoms with E-state index in [1.807, 2.05) is 0 Å². The molecule has 4 aliphatic heterocycles. The van der Waals surface area contributed by atoms with Crippen molar-refractivity contribution < 1.29 is 114 Å². The van der Waals surface area contributed by atoms with E-state index in [1.165, 1.54) is 48.6 Å². The number of phenols is 3. The van der Waals surface area contributed by atoms with Crippen LogP contribution >= 0.6 is 0 Å². The highest BCUT2D eigenvalue weighted by Gasteiger charge is 2.52. The van der Waals surface area contributed by atoms with E-state index in [2.05, 4.69) is 0 Å². The molecule has 3 saturated heterocycles. The Bertz CT molecular complexity index is 2170. The molecule has 23 nitrogen and oxygen atoms in total. The van der Waals surface area contributed by atoms with Gasteiger partial charge in [-0.15, -0.1) is 0 Å². The van der Waals surface area contributed by atoms with E-state index in [9.17, 15) is 76.3 Å². The summed E-state index contributed by atoms with van der Waals surface area (Å²) in [6.45, 7) is -2.38. The first kappa shape index (κ1) is 47.6. The van der Waals surface area contributed by atoms with Gasteiger partial charge in [-0.1, -0.05) is 12.1 Å². The first-order valence-electron chi connectivity index (χ1n) is 20.0. The highest BCUT2D eigenvalue weighted by atomic mass is 16.8. The van der Waals surface area contributed by atoms with Crippen molar-refractivity contribution in [2.24, 2.45) is 0 Å². The number of carbonyl (C=O) groups excluding carboxylic acids is 1. The molecule has 354 valence electrons. The molecule has 65 heavy (non-hydrogen) atoms. The summed E-state index contributed by atoms with van der Waals surface area (Å²) in [5.41, 5.74) is 0.562. The van der Waals surface area contributed by atoms with Crippen LogP contribution in [-0.2, 0) is 42.7 Å². The fourth-order valence-corrected chi connectivity index (χ4v) is 7.35. The van der Waals surface area contributed by atoms with Crippen LogP contribution in [0.15, 0.2) is 89.6 Å². The summed E-state index contributed by atoms with van der Waals surface area (Å²) in [6, 6.07) is 9.29. The van der Waals surface area contributed by atoms with Gasteiger partial charge in [-0.05, 0) is 48.0 Å². The smallest absolute Gasteiger partial charge is 0.330 e. The van der Waals surface area contributed by atoms with E-state index in [4.69, 9.17) is 37.9 Å². The van der Waals surface area contributed by atoms with Crippen molar-refractivity contribution in [2.75, 3.05) is 19.8 Å². The molecule has 1 aliphatic carbocycles. The Kier molecular flexibility index (Phi) is 14.7. The molecule has 3 fully saturated rings. The quantitative estimate of drug-likeness (QED) is 0.0536. The Balaban J connectivity index is 1.18. The Morgan fingerprint density at radius 1 is 0.646 bits per heavy atom. The van der Waals surface area contributed by atoms with Crippen LogP contribution in [0.4, 0.5) is 0 Å². The monoisotopic (exact) mass is 920 g/mol. The van der Waals surface area contributed by atoms with Crippen molar-refractivity contribution in [3.63, 3.8) is 0 Å². The molecule has 0 bridgehead atoms. The van der Waals surface area contributed by atoms with Crippen LogP contribution < -0.4 is 0 Å². The molecule has 0 saturated carbocycles. The predicted molar refractivity (Wildman–Crippen MR) is 212 cm³/mol. The molecule has 2 aromatic rings. The zero-order valence-electron chi connectivity index (χ0n) is 33.7. The average molecular weight is 921 g/mol. The van der Waals surface area contributed by atoms with Crippen LogP contribution in [0.25, 0.3) is 11.8 Å². The number of ether oxygens (including phenoxy) is 8. The second-order valence-electron chi connectivity index (χ2n) is 15.4. The van der Waals surface area contributed by atoms with E-state index in [0.29, 0.717) is 5.56 Å². The number of aliphatic hydroxyl groups is 11. The topological polar surface area (TPSA) is 374 Å². The van der Waals surface area contributed by atoms with E-state index in [1.54, 1.807) is 0 Å². The summed E-state index contributed by atoms with van der Waals surface area (Å²) in [5, 5.41) is 147. The minimum Gasteiger partial charge on any atom is -0.508 e. The third-order valence-electron chi connectivity index (χ3n) is 11.0.